The molecule has 0 amide bonds. The van der Waals surface area contributed by atoms with Crippen molar-refractivity contribution < 1.29 is 19.1 Å². The van der Waals surface area contributed by atoms with Crippen molar-refractivity contribution in [2.75, 3.05) is 6.61 Å². The van der Waals surface area contributed by atoms with Crippen LogP contribution in [-0.4, -0.2) is 24.6 Å². The number of hydrogen-bond donors (Lipinski definition) is 0. The van der Waals surface area contributed by atoms with E-state index in [0.717, 1.165) is 12.8 Å². The third-order valence-electron chi connectivity index (χ3n) is 5.37. The number of ether oxygens (including phenoxy) is 2. The van der Waals surface area contributed by atoms with Gasteiger partial charge in [0.25, 0.3) is 0 Å². The van der Waals surface area contributed by atoms with Crippen molar-refractivity contribution in [1.82, 2.24) is 0 Å². The third kappa shape index (κ3) is 17.5. The highest BCUT2D eigenvalue weighted by Crippen LogP contribution is 2.15. The first-order valence-electron chi connectivity index (χ1n) is 12.4. The Balaban J connectivity index is 3.49. The molecule has 0 aliphatic carbocycles. The molecule has 0 radical (unpaired) electrons. The fourth-order valence-electron chi connectivity index (χ4n) is 3.52. The largest absolute Gasteiger partial charge is 0.463 e. The average molecular weight is 413 g/mol. The van der Waals surface area contributed by atoms with E-state index in [4.69, 9.17) is 9.47 Å². The van der Waals surface area contributed by atoms with Gasteiger partial charge in [0.1, 0.15) is 0 Å². The average Bonchev–Trinajstić information content (AvgIpc) is 2.69. The topological polar surface area (TPSA) is 52.6 Å². The second-order valence-electron chi connectivity index (χ2n) is 8.61. The van der Waals surface area contributed by atoms with E-state index in [-0.39, 0.29) is 11.9 Å². The summed E-state index contributed by atoms with van der Waals surface area (Å²) < 4.78 is 10.3. The van der Waals surface area contributed by atoms with Crippen LogP contribution in [-0.2, 0) is 19.1 Å². The Labute approximate surface area is 180 Å². The number of carbonyl (C=O) groups excluding carboxylic acids is 2. The van der Waals surface area contributed by atoms with Crippen LogP contribution >= 0.6 is 0 Å². The zero-order valence-electron chi connectivity index (χ0n) is 19.8. The summed E-state index contributed by atoms with van der Waals surface area (Å²) in [5.41, 5.74) is 0. The summed E-state index contributed by atoms with van der Waals surface area (Å²) >= 11 is 0. The lowest BCUT2D eigenvalue weighted by atomic mass is 10.0. The zero-order valence-corrected chi connectivity index (χ0v) is 19.8. The van der Waals surface area contributed by atoms with E-state index < -0.39 is 12.1 Å². The van der Waals surface area contributed by atoms with Crippen LogP contribution in [0.5, 0.6) is 0 Å². The van der Waals surface area contributed by atoms with Crippen molar-refractivity contribution in [1.29, 1.82) is 0 Å². The normalized spacial score (nSPS) is 12.2. The van der Waals surface area contributed by atoms with Gasteiger partial charge in [0.05, 0.1) is 6.61 Å². The minimum Gasteiger partial charge on any atom is -0.463 e. The molecule has 0 heterocycles. The maximum absolute atomic E-state index is 12.0. The van der Waals surface area contributed by atoms with Crippen molar-refractivity contribution in [2.45, 2.75) is 137 Å². The molecule has 4 heteroatoms. The lowest BCUT2D eigenvalue weighted by Gasteiger charge is -2.19. The monoisotopic (exact) mass is 412 g/mol. The van der Waals surface area contributed by atoms with Crippen LogP contribution in [0.15, 0.2) is 0 Å². The molecule has 0 rings (SSSR count). The van der Waals surface area contributed by atoms with Gasteiger partial charge in [-0.25, -0.2) is 4.79 Å². The molecule has 4 nitrogen and oxygen atoms in total. The minimum atomic E-state index is -0.779. The van der Waals surface area contributed by atoms with E-state index in [1.54, 1.807) is 6.92 Å². The summed E-state index contributed by atoms with van der Waals surface area (Å²) in [7, 11) is 0. The highest BCUT2D eigenvalue weighted by Gasteiger charge is 2.27. The molecule has 0 aromatic carbocycles. The number of hydrogen-bond acceptors (Lipinski definition) is 4. The van der Waals surface area contributed by atoms with Crippen molar-refractivity contribution in [2.24, 2.45) is 5.92 Å². The Bertz CT molecular complexity index is 392. The van der Waals surface area contributed by atoms with Crippen LogP contribution in [0.3, 0.4) is 0 Å². The smallest absolute Gasteiger partial charge is 0.347 e. The first-order valence-corrected chi connectivity index (χ1v) is 12.4. The minimum absolute atomic E-state index is 0.0703. The van der Waals surface area contributed by atoms with Gasteiger partial charge >= 0.3 is 11.9 Å². The Kier molecular flexibility index (Phi) is 19.5. The molecule has 0 bridgehead atoms. The molecule has 1 unspecified atom stereocenters. The molecule has 0 fully saturated rings. The van der Waals surface area contributed by atoms with Crippen molar-refractivity contribution in [3.63, 3.8) is 0 Å². The molecule has 0 aliphatic rings. The molecule has 1 atom stereocenters. The zero-order chi connectivity index (χ0) is 21.7. The highest BCUT2D eigenvalue weighted by molar-refractivity contribution is 5.79. The predicted molar refractivity (Wildman–Crippen MR) is 121 cm³/mol. The van der Waals surface area contributed by atoms with Gasteiger partial charge in [-0.15, -0.1) is 0 Å². The molecule has 0 saturated carbocycles. The van der Waals surface area contributed by atoms with Crippen LogP contribution in [0.25, 0.3) is 0 Å². The molecule has 29 heavy (non-hydrogen) atoms. The summed E-state index contributed by atoms with van der Waals surface area (Å²) in [4.78, 5) is 23.8. The van der Waals surface area contributed by atoms with E-state index in [1.807, 2.05) is 13.8 Å². The van der Waals surface area contributed by atoms with Crippen molar-refractivity contribution in [3.8, 4) is 0 Å². The van der Waals surface area contributed by atoms with E-state index in [1.165, 1.54) is 83.5 Å². The maximum Gasteiger partial charge on any atom is 0.347 e. The first kappa shape index (κ1) is 27.9. The van der Waals surface area contributed by atoms with Gasteiger partial charge in [-0.2, -0.15) is 0 Å². The van der Waals surface area contributed by atoms with Gasteiger partial charge in [0.15, 0.2) is 0 Å². The maximum atomic E-state index is 12.0. The summed E-state index contributed by atoms with van der Waals surface area (Å²) in [5.74, 6) is -0.794. The molecule has 172 valence electrons. The van der Waals surface area contributed by atoms with Gasteiger partial charge < -0.3 is 9.47 Å². The third-order valence-corrected chi connectivity index (χ3v) is 5.37. The Morgan fingerprint density at radius 2 is 1.07 bits per heavy atom. The fourth-order valence-corrected chi connectivity index (χ4v) is 3.52. The molecule has 0 aliphatic heterocycles. The number of unbranched alkanes of at least 4 members (excludes halogenated alkanes) is 14. The van der Waals surface area contributed by atoms with Crippen LogP contribution in [0.1, 0.15) is 130 Å². The summed E-state index contributed by atoms with van der Waals surface area (Å²) in [6.45, 7) is 8.06. The van der Waals surface area contributed by atoms with Gasteiger partial charge in [-0.3, -0.25) is 4.79 Å². The predicted octanol–water partition coefficient (Wildman–Crippen LogP) is 7.38. The Morgan fingerprint density at radius 3 is 1.45 bits per heavy atom. The van der Waals surface area contributed by atoms with E-state index >= 15 is 0 Å². The van der Waals surface area contributed by atoms with Gasteiger partial charge in [-0.05, 0) is 13.3 Å². The quantitative estimate of drug-likeness (QED) is 0.155. The Hall–Kier alpha value is -1.06. The first-order chi connectivity index (χ1) is 14.0. The lowest BCUT2D eigenvalue weighted by Crippen LogP contribution is -2.33. The van der Waals surface area contributed by atoms with E-state index in [2.05, 4.69) is 6.92 Å². The fraction of sp³-hybridized carbons (Fsp3) is 0.920. The second kappa shape index (κ2) is 20.2. The summed E-state index contributed by atoms with van der Waals surface area (Å²) in [6, 6.07) is 0. The second-order valence-corrected chi connectivity index (χ2v) is 8.61. The van der Waals surface area contributed by atoms with E-state index in [0.29, 0.717) is 13.0 Å². The van der Waals surface area contributed by atoms with Gasteiger partial charge in [-0.1, -0.05) is 111 Å². The molecule has 0 saturated heterocycles. The standard InChI is InChI=1S/C25H48O4/c1-5-7-8-9-10-11-12-13-14-15-16-17-18-19-20-21-23(26)29-24(22(3)4)25(27)28-6-2/h22,24H,5-21H2,1-4H3. The van der Waals surface area contributed by atoms with Crippen LogP contribution in [0.2, 0.25) is 0 Å². The van der Waals surface area contributed by atoms with Crippen LogP contribution in [0, 0.1) is 5.92 Å². The molecule has 0 spiro atoms. The molecular formula is C25H48O4. The van der Waals surface area contributed by atoms with Gasteiger partial charge in [0, 0.05) is 12.3 Å². The number of esters is 2. The van der Waals surface area contributed by atoms with Crippen molar-refractivity contribution >= 4 is 11.9 Å². The number of carbonyl (C=O) groups is 2. The van der Waals surface area contributed by atoms with Crippen LogP contribution < -0.4 is 0 Å². The molecule has 0 aromatic heterocycles. The highest BCUT2D eigenvalue weighted by atomic mass is 16.6. The summed E-state index contributed by atoms with van der Waals surface area (Å²) in [6.07, 6.45) is 19.1. The van der Waals surface area contributed by atoms with Gasteiger partial charge in [0.2, 0.25) is 6.10 Å². The Morgan fingerprint density at radius 1 is 0.655 bits per heavy atom. The molecule has 0 N–H and O–H groups in total. The number of rotatable bonds is 20. The molecular weight excluding hydrogens is 364 g/mol. The van der Waals surface area contributed by atoms with Crippen LogP contribution in [0.4, 0.5) is 0 Å². The summed E-state index contributed by atoms with van der Waals surface area (Å²) in [5, 5.41) is 0. The molecule has 0 aromatic rings. The SMILES string of the molecule is CCCCCCCCCCCCCCCCCC(=O)OC(C(=O)OCC)C(C)C. The lowest BCUT2D eigenvalue weighted by molar-refractivity contribution is -0.170. The van der Waals surface area contributed by atoms with Crippen molar-refractivity contribution in [3.05, 3.63) is 0 Å². The van der Waals surface area contributed by atoms with E-state index in [9.17, 15) is 9.59 Å².